The van der Waals surface area contributed by atoms with Gasteiger partial charge in [-0.05, 0) is 30.7 Å². The van der Waals surface area contributed by atoms with Gasteiger partial charge >= 0.3 is 6.03 Å². The zero-order valence-corrected chi connectivity index (χ0v) is 16.9. The van der Waals surface area contributed by atoms with Crippen LogP contribution in [0.3, 0.4) is 0 Å². The van der Waals surface area contributed by atoms with E-state index >= 15 is 0 Å². The van der Waals surface area contributed by atoms with Crippen LogP contribution < -0.4 is 10.2 Å². The fourth-order valence-corrected chi connectivity index (χ4v) is 5.05. The summed E-state index contributed by atoms with van der Waals surface area (Å²) >= 11 is 0. The Morgan fingerprint density at radius 3 is 2.53 bits per heavy atom. The van der Waals surface area contributed by atoms with Crippen molar-refractivity contribution in [2.24, 2.45) is 5.41 Å². The molecule has 2 aromatic rings. The lowest BCUT2D eigenvalue weighted by Gasteiger charge is -2.55. The van der Waals surface area contributed by atoms with Crippen LogP contribution in [0.4, 0.5) is 10.5 Å². The summed E-state index contributed by atoms with van der Waals surface area (Å²) in [4.78, 5) is 45.4. The lowest BCUT2D eigenvalue weighted by molar-refractivity contribution is -0.154. The van der Waals surface area contributed by atoms with Gasteiger partial charge < -0.3 is 9.80 Å². The Hall–Kier alpha value is -3.19. The van der Waals surface area contributed by atoms with E-state index in [1.54, 1.807) is 0 Å². The number of anilines is 1. The molecule has 3 aliphatic rings. The summed E-state index contributed by atoms with van der Waals surface area (Å²) in [5.74, 6) is -0.887. The lowest BCUT2D eigenvalue weighted by atomic mass is 9.67. The van der Waals surface area contributed by atoms with Crippen LogP contribution in [0.1, 0.15) is 11.1 Å². The van der Waals surface area contributed by atoms with E-state index in [9.17, 15) is 14.4 Å². The second-order valence-electron chi connectivity index (χ2n) is 8.38. The highest BCUT2D eigenvalue weighted by Crippen LogP contribution is 2.45. The van der Waals surface area contributed by atoms with E-state index in [4.69, 9.17) is 0 Å². The zero-order chi connectivity index (χ0) is 20.9. The number of rotatable bonds is 2. The summed E-state index contributed by atoms with van der Waals surface area (Å²) < 4.78 is 0. The van der Waals surface area contributed by atoms with Crippen molar-refractivity contribution in [2.75, 3.05) is 31.6 Å². The molecule has 0 saturated carbocycles. The number of barbiturate groups is 1. The Balaban J connectivity index is 1.60. The fraction of sp³-hybridized carbons (Fsp3) is 0.348. The normalized spacial score (nSPS) is 26.4. The summed E-state index contributed by atoms with van der Waals surface area (Å²) in [7, 11) is 2.00. The molecular formula is C23H24N4O3. The van der Waals surface area contributed by atoms with Crippen LogP contribution >= 0.6 is 0 Å². The first-order valence-electron chi connectivity index (χ1n) is 10.2. The number of urea groups is 1. The van der Waals surface area contributed by atoms with Gasteiger partial charge in [-0.1, -0.05) is 48.5 Å². The molecule has 0 radical (unpaired) electrons. The van der Waals surface area contributed by atoms with Crippen molar-refractivity contribution in [3.8, 4) is 0 Å². The molecule has 2 aromatic carbocycles. The van der Waals surface area contributed by atoms with Crippen LogP contribution in [0.25, 0.3) is 0 Å². The van der Waals surface area contributed by atoms with Gasteiger partial charge in [-0.3, -0.25) is 19.8 Å². The SMILES string of the molecule is CN1CCN2c3ccccc3C[C@@]3(C(=O)NC(=O)N(Cc4ccccc4)C3=O)[C@@H]2C1. The minimum absolute atomic E-state index is 0.144. The maximum Gasteiger partial charge on any atom is 0.331 e. The molecule has 3 heterocycles. The first kappa shape index (κ1) is 18.8. The summed E-state index contributed by atoms with van der Waals surface area (Å²) in [5, 5.41) is 2.50. The molecule has 0 unspecified atom stereocenters. The Kier molecular flexibility index (Phi) is 4.36. The van der Waals surface area contributed by atoms with E-state index in [0.717, 1.165) is 29.9 Å². The largest absolute Gasteiger partial charge is 0.364 e. The van der Waals surface area contributed by atoms with E-state index in [2.05, 4.69) is 21.2 Å². The van der Waals surface area contributed by atoms with Crippen LogP contribution in [0, 0.1) is 5.41 Å². The van der Waals surface area contributed by atoms with Gasteiger partial charge in [0, 0.05) is 25.3 Å². The number of benzene rings is 2. The Morgan fingerprint density at radius 1 is 1.00 bits per heavy atom. The van der Waals surface area contributed by atoms with Gasteiger partial charge in [-0.2, -0.15) is 0 Å². The number of carbonyl (C=O) groups excluding carboxylic acids is 3. The number of imide groups is 2. The molecule has 1 spiro atoms. The zero-order valence-electron chi connectivity index (χ0n) is 16.9. The van der Waals surface area contributed by atoms with Crippen molar-refractivity contribution in [3.05, 3.63) is 65.7 Å². The molecule has 2 saturated heterocycles. The van der Waals surface area contributed by atoms with Gasteiger partial charge in [0.05, 0.1) is 12.6 Å². The molecule has 7 heteroatoms. The predicted octanol–water partition coefficient (Wildman–Crippen LogP) is 1.63. The Morgan fingerprint density at radius 2 is 1.73 bits per heavy atom. The number of piperazine rings is 1. The number of para-hydroxylation sites is 1. The molecule has 1 N–H and O–H groups in total. The van der Waals surface area contributed by atoms with Crippen molar-refractivity contribution < 1.29 is 14.4 Å². The topological polar surface area (TPSA) is 73.0 Å². The number of nitrogens with one attached hydrogen (secondary N) is 1. The van der Waals surface area contributed by atoms with Crippen molar-refractivity contribution >= 4 is 23.5 Å². The average molecular weight is 404 g/mol. The highest BCUT2D eigenvalue weighted by molar-refractivity contribution is 6.20. The molecule has 7 nitrogen and oxygen atoms in total. The Bertz CT molecular complexity index is 1020. The smallest absolute Gasteiger partial charge is 0.331 e. The highest BCUT2D eigenvalue weighted by atomic mass is 16.2. The second kappa shape index (κ2) is 6.95. The van der Waals surface area contributed by atoms with Crippen LogP contribution in [-0.2, 0) is 22.6 Å². The molecule has 4 amide bonds. The molecule has 0 bridgehead atoms. The predicted molar refractivity (Wildman–Crippen MR) is 112 cm³/mol. The summed E-state index contributed by atoms with van der Waals surface area (Å²) in [6.45, 7) is 2.31. The van der Waals surface area contributed by atoms with Crippen LogP contribution in [0.15, 0.2) is 54.6 Å². The lowest BCUT2D eigenvalue weighted by Crippen LogP contribution is -2.74. The van der Waals surface area contributed by atoms with E-state index in [-0.39, 0.29) is 12.6 Å². The highest BCUT2D eigenvalue weighted by Gasteiger charge is 2.62. The van der Waals surface area contributed by atoms with Gasteiger partial charge in [-0.25, -0.2) is 4.79 Å². The first-order valence-corrected chi connectivity index (χ1v) is 10.2. The van der Waals surface area contributed by atoms with Gasteiger partial charge in [0.1, 0.15) is 0 Å². The van der Waals surface area contributed by atoms with Gasteiger partial charge in [-0.15, -0.1) is 0 Å². The monoisotopic (exact) mass is 404 g/mol. The van der Waals surface area contributed by atoms with Crippen molar-refractivity contribution in [1.29, 1.82) is 0 Å². The maximum atomic E-state index is 13.9. The molecule has 30 heavy (non-hydrogen) atoms. The van der Waals surface area contributed by atoms with Crippen LogP contribution in [0.2, 0.25) is 0 Å². The average Bonchev–Trinajstić information content (AvgIpc) is 2.76. The van der Waals surface area contributed by atoms with Crippen LogP contribution in [0.5, 0.6) is 0 Å². The van der Waals surface area contributed by atoms with E-state index < -0.39 is 23.3 Å². The third kappa shape index (κ3) is 2.73. The maximum absolute atomic E-state index is 13.9. The third-order valence-corrected chi connectivity index (χ3v) is 6.60. The minimum Gasteiger partial charge on any atom is -0.364 e. The summed E-state index contributed by atoms with van der Waals surface area (Å²) in [5.41, 5.74) is 1.56. The molecule has 2 fully saturated rings. The number of carbonyl (C=O) groups is 3. The Labute approximate surface area is 175 Å². The van der Waals surface area contributed by atoms with Gasteiger partial charge in [0.15, 0.2) is 5.41 Å². The third-order valence-electron chi connectivity index (χ3n) is 6.60. The van der Waals surface area contributed by atoms with E-state index in [1.165, 1.54) is 4.90 Å². The molecule has 3 aliphatic heterocycles. The first-order chi connectivity index (χ1) is 14.5. The summed E-state index contributed by atoms with van der Waals surface area (Å²) in [6, 6.07) is 16.4. The number of fused-ring (bicyclic) bond motifs is 4. The van der Waals surface area contributed by atoms with Gasteiger partial charge in [0.25, 0.3) is 0 Å². The minimum atomic E-state index is -1.33. The molecular weight excluding hydrogens is 380 g/mol. The number of likely N-dealkylation sites (N-methyl/N-ethyl adjacent to an activating group) is 1. The molecule has 0 aromatic heterocycles. The van der Waals surface area contributed by atoms with E-state index in [1.807, 2.05) is 55.6 Å². The quantitative estimate of drug-likeness (QED) is 0.771. The number of nitrogens with zero attached hydrogens (tertiary/aromatic N) is 3. The molecule has 5 rings (SSSR count). The van der Waals surface area contributed by atoms with Crippen molar-refractivity contribution in [2.45, 2.75) is 19.0 Å². The number of amides is 4. The van der Waals surface area contributed by atoms with E-state index in [0.29, 0.717) is 13.0 Å². The number of hydrogen-bond donors (Lipinski definition) is 1. The van der Waals surface area contributed by atoms with Gasteiger partial charge in [0.2, 0.25) is 11.8 Å². The standard InChI is InChI=1S/C23H24N4O3/c1-25-11-12-26-18-10-6-5-9-17(18)13-23(19(26)15-25)20(28)24-22(30)27(21(23)29)14-16-7-3-2-4-8-16/h2-10,19H,11-15H2,1H3,(H,24,28,30)/t19-,23-/m0/s1. The number of hydrogen-bond acceptors (Lipinski definition) is 5. The summed E-state index contributed by atoms with van der Waals surface area (Å²) in [6.07, 6.45) is 0.293. The van der Waals surface area contributed by atoms with Crippen molar-refractivity contribution in [1.82, 2.24) is 15.1 Å². The fourth-order valence-electron chi connectivity index (χ4n) is 5.05. The molecule has 0 aliphatic carbocycles. The second-order valence-corrected chi connectivity index (χ2v) is 8.38. The van der Waals surface area contributed by atoms with Crippen molar-refractivity contribution in [3.63, 3.8) is 0 Å². The van der Waals surface area contributed by atoms with Crippen LogP contribution in [-0.4, -0.2) is 60.4 Å². The molecule has 154 valence electrons. The molecule has 2 atom stereocenters.